The first-order chi connectivity index (χ1) is 11.7. The number of allylic oxidation sites excluding steroid dienone is 2. The van der Waals surface area contributed by atoms with Gasteiger partial charge >= 0.3 is 5.97 Å². The number of hydrogen-bond donors (Lipinski definition) is 1. The summed E-state index contributed by atoms with van der Waals surface area (Å²) in [6.07, 6.45) is 6.30. The summed E-state index contributed by atoms with van der Waals surface area (Å²) in [4.78, 5) is 11.4. The maximum atomic E-state index is 11.4. The topological polar surface area (TPSA) is 46.5 Å². The van der Waals surface area contributed by atoms with Crippen molar-refractivity contribution in [2.24, 2.45) is 0 Å². The van der Waals surface area contributed by atoms with E-state index in [0.29, 0.717) is 13.0 Å². The summed E-state index contributed by atoms with van der Waals surface area (Å²) in [5.41, 5.74) is 2.40. The van der Waals surface area contributed by atoms with E-state index in [0.717, 1.165) is 16.7 Å². The molecule has 0 amide bonds. The second kappa shape index (κ2) is 7.28. The van der Waals surface area contributed by atoms with Crippen LogP contribution in [0.1, 0.15) is 24.0 Å². The molecule has 1 N–H and O–H groups in total. The molecule has 3 rings (SSSR count). The van der Waals surface area contributed by atoms with Crippen molar-refractivity contribution in [1.29, 1.82) is 0 Å². The normalized spacial score (nSPS) is 19.8. The Morgan fingerprint density at radius 1 is 1.04 bits per heavy atom. The lowest BCUT2D eigenvalue weighted by molar-refractivity contribution is -0.143. The molecule has 0 aromatic heterocycles. The van der Waals surface area contributed by atoms with Gasteiger partial charge in [-0.2, -0.15) is 0 Å². The van der Waals surface area contributed by atoms with Crippen molar-refractivity contribution in [3.63, 3.8) is 0 Å². The van der Waals surface area contributed by atoms with Crippen LogP contribution in [0.15, 0.2) is 78.9 Å². The molecular formula is C21H20O3. The molecule has 1 unspecified atom stereocenters. The van der Waals surface area contributed by atoms with Gasteiger partial charge in [-0.15, -0.1) is 0 Å². The number of ether oxygens (including phenoxy) is 1. The Balaban J connectivity index is 1.80. The van der Waals surface area contributed by atoms with Gasteiger partial charge in [-0.05, 0) is 16.7 Å². The van der Waals surface area contributed by atoms with Gasteiger partial charge in [0, 0.05) is 6.42 Å². The minimum atomic E-state index is -0.859. The zero-order valence-electron chi connectivity index (χ0n) is 13.4. The molecule has 0 spiro atoms. The predicted molar refractivity (Wildman–Crippen MR) is 94.4 cm³/mol. The third-order valence-electron chi connectivity index (χ3n) is 4.15. The summed E-state index contributed by atoms with van der Waals surface area (Å²) in [7, 11) is 0. The molecule has 1 aliphatic rings. The number of carboxylic acids is 1. The molecule has 0 saturated carbocycles. The first-order valence-electron chi connectivity index (χ1n) is 8.00. The molecule has 3 nitrogen and oxygen atoms in total. The highest BCUT2D eigenvalue weighted by Crippen LogP contribution is 2.35. The molecular weight excluding hydrogens is 300 g/mol. The predicted octanol–water partition coefficient (Wildman–Crippen LogP) is 4.46. The van der Waals surface area contributed by atoms with Crippen molar-refractivity contribution in [3.8, 4) is 0 Å². The molecule has 0 aliphatic heterocycles. The third-order valence-corrected chi connectivity index (χ3v) is 4.15. The third kappa shape index (κ3) is 4.00. The first-order valence-corrected chi connectivity index (χ1v) is 8.00. The summed E-state index contributed by atoms with van der Waals surface area (Å²) in [6.45, 7) is 0.389. The number of carbonyl (C=O) groups is 1. The molecule has 2 aromatic rings. The fourth-order valence-electron chi connectivity index (χ4n) is 2.96. The largest absolute Gasteiger partial charge is 0.481 e. The van der Waals surface area contributed by atoms with Crippen molar-refractivity contribution in [1.82, 2.24) is 0 Å². The zero-order chi connectivity index (χ0) is 16.8. The van der Waals surface area contributed by atoms with E-state index in [1.54, 1.807) is 0 Å². The molecule has 1 atom stereocenters. The van der Waals surface area contributed by atoms with Gasteiger partial charge in [0.05, 0.1) is 13.0 Å². The van der Waals surface area contributed by atoms with Crippen molar-refractivity contribution in [2.45, 2.75) is 25.0 Å². The van der Waals surface area contributed by atoms with Crippen LogP contribution in [-0.4, -0.2) is 16.7 Å². The van der Waals surface area contributed by atoms with Crippen LogP contribution in [0, 0.1) is 0 Å². The van der Waals surface area contributed by atoms with Gasteiger partial charge < -0.3 is 9.84 Å². The van der Waals surface area contributed by atoms with Gasteiger partial charge in [0.15, 0.2) is 0 Å². The monoisotopic (exact) mass is 320 g/mol. The van der Waals surface area contributed by atoms with Crippen molar-refractivity contribution < 1.29 is 14.6 Å². The van der Waals surface area contributed by atoms with Crippen LogP contribution in [0.5, 0.6) is 0 Å². The van der Waals surface area contributed by atoms with Crippen molar-refractivity contribution in [2.75, 3.05) is 0 Å². The van der Waals surface area contributed by atoms with Crippen LogP contribution < -0.4 is 0 Å². The molecule has 0 bridgehead atoms. The molecule has 1 aliphatic carbocycles. The number of aliphatic carboxylic acids is 1. The average molecular weight is 320 g/mol. The zero-order valence-corrected chi connectivity index (χ0v) is 13.4. The Hall–Kier alpha value is -2.65. The second-order valence-corrected chi connectivity index (χ2v) is 6.00. The van der Waals surface area contributed by atoms with E-state index in [1.807, 2.05) is 78.9 Å². The van der Waals surface area contributed by atoms with E-state index < -0.39 is 11.6 Å². The highest BCUT2D eigenvalue weighted by Gasteiger charge is 2.34. The lowest BCUT2D eigenvalue weighted by Gasteiger charge is -2.33. The highest BCUT2D eigenvalue weighted by atomic mass is 16.5. The van der Waals surface area contributed by atoms with Gasteiger partial charge in [0.2, 0.25) is 0 Å². The summed E-state index contributed by atoms with van der Waals surface area (Å²) < 4.78 is 6.11. The quantitative estimate of drug-likeness (QED) is 0.855. The maximum absolute atomic E-state index is 11.4. The lowest BCUT2D eigenvalue weighted by Crippen LogP contribution is -2.34. The SMILES string of the molecule is O=C(O)CC1(OCc2ccccc2)C=CC=C(c2ccccc2)C1. The lowest BCUT2D eigenvalue weighted by atomic mass is 9.84. The Kier molecular flexibility index (Phi) is 4.92. The number of benzene rings is 2. The number of hydrogen-bond acceptors (Lipinski definition) is 2. The van der Waals surface area contributed by atoms with E-state index in [2.05, 4.69) is 0 Å². The van der Waals surface area contributed by atoms with Crippen LogP contribution in [0.2, 0.25) is 0 Å². The Morgan fingerprint density at radius 2 is 1.71 bits per heavy atom. The molecule has 0 fully saturated rings. The molecule has 122 valence electrons. The summed E-state index contributed by atoms with van der Waals surface area (Å²) in [5.74, 6) is -0.859. The van der Waals surface area contributed by atoms with Gasteiger partial charge in [0.25, 0.3) is 0 Å². The van der Waals surface area contributed by atoms with Crippen molar-refractivity contribution >= 4 is 11.5 Å². The average Bonchev–Trinajstić information content (AvgIpc) is 2.61. The molecule has 2 aromatic carbocycles. The summed E-state index contributed by atoms with van der Waals surface area (Å²) >= 11 is 0. The molecule has 0 radical (unpaired) electrons. The minimum absolute atomic E-state index is 0.0551. The van der Waals surface area contributed by atoms with E-state index >= 15 is 0 Å². The molecule has 24 heavy (non-hydrogen) atoms. The number of rotatable bonds is 6. The Morgan fingerprint density at radius 3 is 2.38 bits per heavy atom. The van der Waals surface area contributed by atoms with Crippen LogP contribution in [0.3, 0.4) is 0 Å². The van der Waals surface area contributed by atoms with Crippen LogP contribution >= 0.6 is 0 Å². The van der Waals surface area contributed by atoms with Crippen molar-refractivity contribution in [3.05, 3.63) is 90.0 Å². The number of carboxylic acid groups (broad SMARTS) is 1. The summed E-state index contributed by atoms with van der Waals surface area (Å²) in [6, 6.07) is 19.8. The van der Waals surface area contributed by atoms with Gasteiger partial charge in [-0.1, -0.05) is 78.9 Å². The maximum Gasteiger partial charge on any atom is 0.306 e. The second-order valence-electron chi connectivity index (χ2n) is 6.00. The Labute approximate surface area is 141 Å². The van der Waals surface area contributed by atoms with E-state index in [1.165, 1.54) is 0 Å². The van der Waals surface area contributed by atoms with Gasteiger partial charge in [-0.25, -0.2) is 0 Å². The van der Waals surface area contributed by atoms with Crippen LogP contribution in [-0.2, 0) is 16.1 Å². The molecule has 0 heterocycles. The highest BCUT2D eigenvalue weighted by molar-refractivity contribution is 5.73. The fourth-order valence-corrected chi connectivity index (χ4v) is 2.96. The minimum Gasteiger partial charge on any atom is -0.481 e. The van der Waals surface area contributed by atoms with E-state index in [-0.39, 0.29) is 6.42 Å². The van der Waals surface area contributed by atoms with E-state index in [4.69, 9.17) is 4.74 Å². The Bertz CT molecular complexity index is 747. The van der Waals surface area contributed by atoms with Crippen LogP contribution in [0.25, 0.3) is 5.57 Å². The molecule has 3 heteroatoms. The standard InChI is InChI=1S/C21H20O3/c22-20(23)15-21(24-16-17-8-3-1-4-9-17)13-7-12-19(14-21)18-10-5-2-6-11-18/h1-13H,14-16H2,(H,22,23). The van der Waals surface area contributed by atoms with Gasteiger partial charge in [0.1, 0.15) is 5.60 Å². The van der Waals surface area contributed by atoms with Gasteiger partial charge in [-0.3, -0.25) is 4.79 Å². The van der Waals surface area contributed by atoms with E-state index in [9.17, 15) is 9.90 Å². The summed E-state index contributed by atoms with van der Waals surface area (Å²) in [5, 5.41) is 9.35. The molecule has 0 saturated heterocycles. The fraction of sp³-hybridized carbons (Fsp3) is 0.190. The first kappa shape index (κ1) is 16.2. The smallest absolute Gasteiger partial charge is 0.306 e. The van der Waals surface area contributed by atoms with Crippen LogP contribution in [0.4, 0.5) is 0 Å².